The molecule has 1 nitrogen and oxygen atoms in total. The van der Waals surface area contributed by atoms with Crippen molar-refractivity contribution in [2.24, 2.45) is 0 Å². The van der Waals surface area contributed by atoms with Gasteiger partial charge in [0.05, 0.1) is 5.92 Å². The minimum absolute atomic E-state index is 0.0760. The summed E-state index contributed by atoms with van der Waals surface area (Å²) in [6.45, 7) is 0. The molecule has 92 valence electrons. The van der Waals surface area contributed by atoms with Crippen molar-refractivity contribution in [1.82, 2.24) is 0 Å². The topological polar surface area (TPSA) is 17.1 Å². The number of thioether (sulfide) groups is 1. The molecule has 4 heteroatoms. The summed E-state index contributed by atoms with van der Waals surface area (Å²) in [6.07, 6.45) is 0.551. The van der Waals surface area contributed by atoms with E-state index in [1.165, 1.54) is 10.5 Å². The van der Waals surface area contributed by atoms with E-state index >= 15 is 0 Å². The molecule has 2 heterocycles. The summed E-state index contributed by atoms with van der Waals surface area (Å²) in [5.74, 6) is 1.30. The maximum atomic E-state index is 12.4. The SMILES string of the molecule is O=C(Cc1cc(Br)cs1)C1CSc2ccccc21. The quantitative estimate of drug-likeness (QED) is 0.818. The molecule has 0 spiro atoms. The number of carbonyl (C=O) groups excluding carboxylic acids is 1. The van der Waals surface area contributed by atoms with Gasteiger partial charge in [0.25, 0.3) is 0 Å². The molecule has 0 saturated heterocycles. The molecule has 3 rings (SSSR count). The number of rotatable bonds is 3. The Morgan fingerprint density at radius 2 is 2.22 bits per heavy atom. The van der Waals surface area contributed by atoms with E-state index in [2.05, 4.69) is 28.1 Å². The highest BCUT2D eigenvalue weighted by Gasteiger charge is 2.28. The zero-order chi connectivity index (χ0) is 12.5. The van der Waals surface area contributed by atoms with Crippen LogP contribution in [0, 0.1) is 0 Å². The fourth-order valence-corrected chi connectivity index (χ4v) is 4.89. The molecule has 0 N–H and O–H groups in total. The second kappa shape index (κ2) is 5.19. The molecular weight excluding hydrogens is 328 g/mol. The predicted molar refractivity (Wildman–Crippen MR) is 80.6 cm³/mol. The van der Waals surface area contributed by atoms with Crippen LogP contribution in [0.25, 0.3) is 0 Å². The van der Waals surface area contributed by atoms with Crippen LogP contribution >= 0.6 is 39.0 Å². The molecule has 0 bridgehead atoms. The van der Waals surface area contributed by atoms with Gasteiger partial charge in [-0.1, -0.05) is 18.2 Å². The van der Waals surface area contributed by atoms with Crippen molar-refractivity contribution < 1.29 is 4.79 Å². The first-order valence-electron chi connectivity index (χ1n) is 5.71. The molecule has 2 aromatic rings. The van der Waals surface area contributed by atoms with E-state index in [0.717, 1.165) is 15.1 Å². The van der Waals surface area contributed by atoms with Gasteiger partial charge in [-0.05, 0) is 33.6 Å². The number of fused-ring (bicyclic) bond motifs is 1. The summed E-state index contributed by atoms with van der Waals surface area (Å²) < 4.78 is 1.07. The van der Waals surface area contributed by atoms with Crippen LogP contribution in [0.15, 0.2) is 45.1 Å². The lowest BCUT2D eigenvalue weighted by molar-refractivity contribution is -0.119. The van der Waals surface area contributed by atoms with E-state index in [4.69, 9.17) is 0 Å². The molecule has 1 aromatic heterocycles. The van der Waals surface area contributed by atoms with Crippen molar-refractivity contribution in [1.29, 1.82) is 0 Å². The number of hydrogen-bond acceptors (Lipinski definition) is 3. The summed E-state index contributed by atoms with van der Waals surface area (Å²) in [7, 11) is 0. The van der Waals surface area contributed by atoms with Crippen LogP contribution in [0.2, 0.25) is 0 Å². The minimum Gasteiger partial charge on any atom is -0.299 e. The smallest absolute Gasteiger partial charge is 0.146 e. The number of carbonyl (C=O) groups is 1. The monoisotopic (exact) mass is 338 g/mol. The second-order valence-corrected chi connectivity index (χ2v) is 7.25. The first-order valence-corrected chi connectivity index (χ1v) is 8.37. The number of benzene rings is 1. The van der Waals surface area contributed by atoms with E-state index in [-0.39, 0.29) is 5.92 Å². The molecule has 1 aliphatic rings. The van der Waals surface area contributed by atoms with E-state index in [9.17, 15) is 4.79 Å². The van der Waals surface area contributed by atoms with E-state index in [1.54, 1.807) is 23.1 Å². The summed E-state index contributed by atoms with van der Waals surface area (Å²) >= 11 is 6.86. The zero-order valence-electron chi connectivity index (χ0n) is 9.56. The first-order chi connectivity index (χ1) is 8.74. The van der Waals surface area contributed by atoms with Crippen molar-refractivity contribution >= 4 is 44.8 Å². The highest BCUT2D eigenvalue weighted by Crippen LogP contribution is 2.40. The molecule has 0 aliphatic carbocycles. The summed E-state index contributed by atoms with van der Waals surface area (Å²) in [6, 6.07) is 10.3. The van der Waals surface area contributed by atoms with Gasteiger partial charge in [0, 0.05) is 31.8 Å². The maximum absolute atomic E-state index is 12.4. The zero-order valence-corrected chi connectivity index (χ0v) is 12.8. The van der Waals surface area contributed by atoms with Gasteiger partial charge in [0.1, 0.15) is 5.78 Å². The van der Waals surface area contributed by atoms with Gasteiger partial charge in [0.15, 0.2) is 0 Å². The molecule has 0 saturated carbocycles. The van der Waals surface area contributed by atoms with Crippen molar-refractivity contribution in [3.63, 3.8) is 0 Å². The molecule has 0 amide bonds. The average Bonchev–Trinajstić information content (AvgIpc) is 2.95. The van der Waals surface area contributed by atoms with Gasteiger partial charge < -0.3 is 0 Å². The molecule has 1 unspecified atom stereocenters. The Morgan fingerprint density at radius 3 is 3.00 bits per heavy atom. The second-order valence-electron chi connectivity index (χ2n) is 4.28. The highest BCUT2D eigenvalue weighted by molar-refractivity contribution is 9.10. The molecule has 0 fully saturated rings. The van der Waals surface area contributed by atoms with Crippen LogP contribution in [0.1, 0.15) is 16.4 Å². The number of Topliss-reactive ketones (excluding diaryl/α,β-unsaturated/α-hetero) is 1. The number of thiophene rings is 1. The Labute approximate surface area is 123 Å². The van der Waals surface area contributed by atoms with Crippen molar-refractivity contribution in [3.8, 4) is 0 Å². The molecule has 1 atom stereocenters. The van der Waals surface area contributed by atoms with Gasteiger partial charge in [-0.2, -0.15) is 0 Å². The van der Waals surface area contributed by atoms with Gasteiger partial charge in [-0.25, -0.2) is 0 Å². The van der Waals surface area contributed by atoms with Gasteiger partial charge >= 0.3 is 0 Å². The average molecular weight is 339 g/mol. The largest absolute Gasteiger partial charge is 0.299 e. The lowest BCUT2D eigenvalue weighted by Crippen LogP contribution is -2.14. The third-order valence-electron chi connectivity index (χ3n) is 3.06. The van der Waals surface area contributed by atoms with Gasteiger partial charge in [-0.15, -0.1) is 23.1 Å². The number of ketones is 1. The molecule has 0 radical (unpaired) electrons. The lowest BCUT2D eigenvalue weighted by atomic mass is 9.95. The third-order valence-corrected chi connectivity index (χ3v) is 5.94. The summed E-state index contributed by atoms with van der Waals surface area (Å²) in [5, 5.41) is 2.03. The first kappa shape index (κ1) is 12.5. The highest BCUT2D eigenvalue weighted by atomic mass is 79.9. The van der Waals surface area contributed by atoms with Crippen LogP contribution < -0.4 is 0 Å². The Balaban J connectivity index is 1.78. The van der Waals surface area contributed by atoms with Crippen molar-refractivity contribution in [2.75, 3.05) is 5.75 Å². The Bertz CT molecular complexity index is 591. The van der Waals surface area contributed by atoms with Crippen LogP contribution in [0.5, 0.6) is 0 Å². The van der Waals surface area contributed by atoms with Crippen molar-refractivity contribution in [3.05, 3.63) is 50.6 Å². The molecular formula is C14H11BrOS2. The Kier molecular flexibility index (Phi) is 3.59. The number of halogens is 1. The van der Waals surface area contributed by atoms with Crippen LogP contribution in [0.3, 0.4) is 0 Å². The summed E-state index contributed by atoms with van der Waals surface area (Å²) in [5.41, 5.74) is 1.21. The third kappa shape index (κ3) is 2.42. The van der Waals surface area contributed by atoms with Gasteiger partial charge in [-0.3, -0.25) is 4.79 Å². The van der Waals surface area contributed by atoms with Crippen LogP contribution in [0.4, 0.5) is 0 Å². The molecule has 1 aromatic carbocycles. The molecule has 18 heavy (non-hydrogen) atoms. The van der Waals surface area contributed by atoms with Crippen LogP contribution in [-0.2, 0) is 11.2 Å². The maximum Gasteiger partial charge on any atom is 0.146 e. The van der Waals surface area contributed by atoms with Crippen molar-refractivity contribution in [2.45, 2.75) is 17.2 Å². The summed E-state index contributed by atoms with van der Waals surface area (Å²) in [4.78, 5) is 14.8. The fraction of sp³-hybridized carbons (Fsp3) is 0.214. The predicted octanol–water partition coefficient (Wildman–Crippen LogP) is 4.51. The van der Waals surface area contributed by atoms with E-state index in [1.807, 2.05) is 23.6 Å². The van der Waals surface area contributed by atoms with Gasteiger partial charge in [0.2, 0.25) is 0 Å². The minimum atomic E-state index is 0.0760. The van der Waals surface area contributed by atoms with E-state index < -0.39 is 0 Å². The van der Waals surface area contributed by atoms with Crippen LogP contribution in [-0.4, -0.2) is 11.5 Å². The lowest BCUT2D eigenvalue weighted by Gasteiger charge is -2.08. The Hall–Kier alpha value is -0.580. The Morgan fingerprint density at radius 1 is 1.39 bits per heavy atom. The normalized spacial score (nSPS) is 17.7. The van der Waals surface area contributed by atoms with E-state index in [0.29, 0.717) is 12.2 Å². The molecule has 1 aliphatic heterocycles. The fourth-order valence-electron chi connectivity index (χ4n) is 2.17. The standard InChI is InChI=1S/C14H11BrOS2/c15-9-5-10(17-7-9)6-13(16)12-8-18-14-4-2-1-3-11(12)14/h1-5,7,12H,6,8H2. The number of hydrogen-bond donors (Lipinski definition) is 0.